The zero-order valence-corrected chi connectivity index (χ0v) is 9.69. The number of hydrogen-bond acceptors (Lipinski definition) is 2. The zero-order valence-electron chi connectivity index (χ0n) is 9.69. The minimum Gasteiger partial charge on any atom is -0.489 e. The van der Waals surface area contributed by atoms with Crippen LogP contribution in [-0.4, -0.2) is 5.84 Å². The molecule has 0 heterocycles. The van der Waals surface area contributed by atoms with Gasteiger partial charge >= 0.3 is 0 Å². The van der Waals surface area contributed by atoms with Crippen molar-refractivity contribution in [3.8, 4) is 5.75 Å². The average molecular weight is 244 g/mol. The number of nitrogens with one attached hydrogen (secondary N) is 1. The second kappa shape index (κ2) is 5.31. The van der Waals surface area contributed by atoms with E-state index in [1.807, 2.05) is 18.2 Å². The summed E-state index contributed by atoms with van der Waals surface area (Å²) in [5.41, 5.74) is 5.78. The minimum absolute atomic E-state index is 0.101. The Morgan fingerprint density at radius 2 is 1.83 bits per heavy atom. The lowest BCUT2D eigenvalue weighted by Crippen LogP contribution is -2.14. The van der Waals surface area contributed by atoms with Crippen LogP contribution in [0.3, 0.4) is 0 Å². The second-order valence-electron chi connectivity index (χ2n) is 3.79. The number of para-hydroxylation sites is 1. The molecule has 0 fully saturated rings. The lowest BCUT2D eigenvalue weighted by Gasteiger charge is -2.09. The van der Waals surface area contributed by atoms with Crippen LogP contribution in [0, 0.1) is 11.2 Å². The molecule has 0 saturated carbocycles. The maximum atomic E-state index is 13.9. The van der Waals surface area contributed by atoms with E-state index in [4.69, 9.17) is 15.9 Å². The molecule has 0 saturated heterocycles. The first-order chi connectivity index (χ1) is 8.68. The number of nitrogens with two attached hydrogens (primary N) is 1. The Morgan fingerprint density at radius 3 is 2.50 bits per heavy atom. The van der Waals surface area contributed by atoms with Crippen LogP contribution < -0.4 is 10.5 Å². The van der Waals surface area contributed by atoms with E-state index in [0.717, 1.165) is 0 Å². The molecule has 2 rings (SSSR count). The fraction of sp³-hybridized carbons (Fsp3) is 0.0714. The molecule has 0 aliphatic rings. The molecular formula is C14H13FN2O. The van der Waals surface area contributed by atoms with Gasteiger partial charge in [0.15, 0.2) is 0 Å². The Bertz CT molecular complexity index is 555. The van der Waals surface area contributed by atoms with Crippen molar-refractivity contribution >= 4 is 5.84 Å². The van der Waals surface area contributed by atoms with Gasteiger partial charge in [0.1, 0.15) is 24.0 Å². The van der Waals surface area contributed by atoms with E-state index in [9.17, 15) is 4.39 Å². The van der Waals surface area contributed by atoms with Gasteiger partial charge in [0, 0.05) is 5.56 Å². The van der Waals surface area contributed by atoms with E-state index in [1.165, 1.54) is 6.07 Å². The van der Waals surface area contributed by atoms with Crippen LogP contribution in [0.15, 0.2) is 48.5 Å². The predicted molar refractivity (Wildman–Crippen MR) is 68.2 cm³/mol. The third kappa shape index (κ3) is 2.66. The van der Waals surface area contributed by atoms with Crippen LogP contribution >= 0.6 is 0 Å². The topological polar surface area (TPSA) is 59.1 Å². The lowest BCUT2D eigenvalue weighted by molar-refractivity contribution is 0.300. The summed E-state index contributed by atoms with van der Waals surface area (Å²) in [7, 11) is 0. The summed E-state index contributed by atoms with van der Waals surface area (Å²) in [5, 5.41) is 7.27. The number of amidine groups is 1. The van der Waals surface area contributed by atoms with E-state index in [2.05, 4.69) is 0 Å². The van der Waals surface area contributed by atoms with E-state index in [-0.39, 0.29) is 18.0 Å². The molecule has 0 unspecified atom stereocenters. The summed E-state index contributed by atoms with van der Waals surface area (Å²) >= 11 is 0. The van der Waals surface area contributed by atoms with Gasteiger partial charge in [0.05, 0.1) is 5.56 Å². The highest BCUT2D eigenvalue weighted by molar-refractivity contribution is 5.95. The maximum Gasteiger partial charge on any atom is 0.140 e. The van der Waals surface area contributed by atoms with Gasteiger partial charge in [0.25, 0.3) is 0 Å². The van der Waals surface area contributed by atoms with Gasteiger partial charge in [-0.2, -0.15) is 0 Å². The minimum atomic E-state index is -0.499. The first-order valence-electron chi connectivity index (χ1n) is 5.48. The molecule has 3 N–H and O–H groups in total. The van der Waals surface area contributed by atoms with Gasteiger partial charge in [-0.15, -0.1) is 0 Å². The summed E-state index contributed by atoms with van der Waals surface area (Å²) in [4.78, 5) is 0. The summed E-state index contributed by atoms with van der Waals surface area (Å²) in [6.45, 7) is 0.108. The van der Waals surface area contributed by atoms with Gasteiger partial charge < -0.3 is 10.5 Å². The van der Waals surface area contributed by atoms with Gasteiger partial charge in [-0.25, -0.2) is 4.39 Å². The molecule has 4 heteroatoms. The van der Waals surface area contributed by atoms with Gasteiger partial charge in [0.2, 0.25) is 0 Å². The lowest BCUT2D eigenvalue weighted by atomic mass is 10.1. The Balaban J connectivity index is 2.15. The SMILES string of the molecule is N=C(N)c1cccc(COc2ccccc2)c1F. The van der Waals surface area contributed by atoms with E-state index in [0.29, 0.717) is 11.3 Å². The van der Waals surface area contributed by atoms with Gasteiger partial charge in [-0.05, 0) is 18.2 Å². The Morgan fingerprint density at radius 1 is 1.11 bits per heavy atom. The third-order valence-corrected chi connectivity index (χ3v) is 2.51. The van der Waals surface area contributed by atoms with E-state index >= 15 is 0 Å². The van der Waals surface area contributed by atoms with Crippen molar-refractivity contribution in [1.82, 2.24) is 0 Å². The summed E-state index contributed by atoms with van der Waals surface area (Å²) < 4.78 is 19.4. The molecule has 0 atom stereocenters. The van der Waals surface area contributed by atoms with Crippen molar-refractivity contribution in [2.75, 3.05) is 0 Å². The molecule has 0 bridgehead atoms. The fourth-order valence-electron chi connectivity index (χ4n) is 1.58. The molecule has 0 aliphatic carbocycles. The molecule has 0 aliphatic heterocycles. The van der Waals surface area contributed by atoms with Crippen LogP contribution in [0.5, 0.6) is 5.75 Å². The molecule has 3 nitrogen and oxygen atoms in total. The summed E-state index contributed by atoms with van der Waals surface area (Å²) in [6, 6.07) is 13.9. The number of halogens is 1. The van der Waals surface area contributed by atoms with Crippen molar-refractivity contribution < 1.29 is 9.13 Å². The van der Waals surface area contributed by atoms with Crippen LogP contribution in [-0.2, 0) is 6.61 Å². The molecule has 2 aromatic carbocycles. The predicted octanol–water partition coefficient (Wildman–Crippen LogP) is 2.69. The van der Waals surface area contributed by atoms with Crippen LogP contribution in [0.25, 0.3) is 0 Å². The molecule has 2 aromatic rings. The second-order valence-corrected chi connectivity index (χ2v) is 3.79. The van der Waals surface area contributed by atoms with Gasteiger partial charge in [-0.1, -0.05) is 30.3 Å². The molecule has 92 valence electrons. The number of benzene rings is 2. The molecule has 0 aromatic heterocycles. The quantitative estimate of drug-likeness (QED) is 0.641. The Hall–Kier alpha value is -2.36. The van der Waals surface area contributed by atoms with Crippen LogP contribution in [0.2, 0.25) is 0 Å². The molecule has 0 radical (unpaired) electrons. The zero-order chi connectivity index (χ0) is 13.0. The van der Waals surface area contributed by atoms with Crippen molar-refractivity contribution in [3.05, 3.63) is 65.5 Å². The average Bonchev–Trinajstić information content (AvgIpc) is 2.38. The van der Waals surface area contributed by atoms with Crippen LogP contribution in [0.4, 0.5) is 4.39 Å². The molecular weight excluding hydrogens is 231 g/mol. The monoisotopic (exact) mass is 244 g/mol. The van der Waals surface area contributed by atoms with Crippen molar-refractivity contribution in [2.45, 2.75) is 6.61 Å². The number of rotatable bonds is 4. The van der Waals surface area contributed by atoms with Gasteiger partial charge in [-0.3, -0.25) is 5.41 Å². The molecule has 0 amide bonds. The summed E-state index contributed by atoms with van der Waals surface area (Å²) in [6.07, 6.45) is 0. The number of ether oxygens (including phenoxy) is 1. The fourth-order valence-corrected chi connectivity index (χ4v) is 1.58. The Kier molecular flexibility index (Phi) is 3.57. The highest BCUT2D eigenvalue weighted by Crippen LogP contribution is 2.16. The van der Waals surface area contributed by atoms with Crippen molar-refractivity contribution in [2.24, 2.45) is 5.73 Å². The third-order valence-electron chi connectivity index (χ3n) is 2.51. The maximum absolute atomic E-state index is 13.9. The molecule has 0 spiro atoms. The summed E-state index contributed by atoms with van der Waals surface area (Å²) in [5.74, 6) is -0.111. The smallest absolute Gasteiger partial charge is 0.140 e. The molecule has 18 heavy (non-hydrogen) atoms. The van der Waals surface area contributed by atoms with E-state index in [1.54, 1.807) is 24.3 Å². The standard InChI is InChI=1S/C14H13FN2O/c15-13-10(5-4-8-12(13)14(16)17)9-18-11-6-2-1-3-7-11/h1-8H,9H2,(H3,16,17). The highest BCUT2D eigenvalue weighted by Gasteiger charge is 2.10. The Labute approximate surface area is 105 Å². The van der Waals surface area contributed by atoms with Crippen molar-refractivity contribution in [3.63, 3.8) is 0 Å². The number of nitrogen functional groups attached to an aromatic ring is 1. The first kappa shape index (κ1) is 12.1. The van der Waals surface area contributed by atoms with E-state index < -0.39 is 5.82 Å². The highest BCUT2D eigenvalue weighted by atomic mass is 19.1. The largest absolute Gasteiger partial charge is 0.489 e. The first-order valence-corrected chi connectivity index (χ1v) is 5.48. The van der Waals surface area contributed by atoms with Crippen molar-refractivity contribution in [1.29, 1.82) is 5.41 Å². The normalized spacial score (nSPS) is 10.1. The van der Waals surface area contributed by atoms with Crippen LogP contribution in [0.1, 0.15) is 11.1 Å². The number of hydrogen-bond donors (Lipinski definition) is 2.